The van der Waals surface area contributed by atoms with Gasteiger partial charge < -0.3 is 15.4 Å². The molecule has 0 saturated carbocycles. The smallest absolute Gasteiger partial charge is 0.191 e. The van der Waals surface area contributed by atoms with E-state index in [1.54, 1.807) is 19.1 Å². The van der Waals surface area contributed by atoms with Gasteiger partial charge >= 0.3 is 0 Å². The lowest BCUT2D eigenvalue weighted by Crippen LogP contribution is -2.40. The molecule has 0 bridgehead atoms. The zero-order valence-electron chi connectivity index (χ0n) is 16.5. The van der Waals surface area contributed by atoms with Crippen LogP contribution < -0.4 is 10.6 Å². The Bertz CT molecular complexity index is 770. The highest BCUT2D eigenvalue weighted by atomic mass is 127. The quantitative estimate of drug-likeness (QED) is 0.349. The zero-order chi connectivity index (χ0) is 19.1. The van der Waals surface area contributed by atoms with E-state index in [9.17, 15) is 4.39 Å². The van der Waals surface area contributed by atoms with Crippen molar-refractivity contribution in [1.29, 1.82) is 0 Å². The summed E-state index contributed by atoms with van der Waals surface area (Å²) in [5.74, 6) is 0.958. The molecular formula is C22H29FIN3O. The lowest BCUT2D eigenvalue weighted by Gasteiger charge is -2.21. The fraction of sp³-hybridized carbons (Fsp3) is 0.409. The number of hydrogen-bond acceptors (Lipinski definition) is 2. The monoisotopic (exact) mass is 497 g/mol. The number of guanidine groups is 1. The number of aryl methyl sites for hydroxylation is 1. The maximum atomic E-state index is 13.7. The van der Waals surface area contributed by atoms with Crippen molar-refractivity contribution in [2.75, 3.05) is 19.7 Å². The molecule has 2 aromatic rings. The van der Waals surface area contributed by atoms with E-state index in [1.165, 1.54) is 5.56 Å². The second kappa shape index (κ2) is 11.4. The van der Waals surface area contributed by atoms with Crippen LogP contribution in [0.15, 0.2) is 53.5 Å². The first-order valence-electron chi connectivity index (χ1n) is 9.61. The van der Waals surface area contributed by atoms with Crippen molar-refractivity contribution in [2.45, 2.75) is 32.9 Å². The highest BCUT2D eigenvalue weighted by Gasteiger charge is 2.29. The van der Waals surface area contributed by atoms with Crippen molar-refractivity contribution >= 4 is 29.9 Å². The van der Waals surface area contributed by atoms with Crippen molar-refractivity contribution in [1.82, 2.24) is 10.6 Å². The summed E-state index contributed by atoms with van der Waals surface area (Å²) in [5, 5.41) is 6.69. The van der Waals surface area contributed by atoms with Gasteiger partial charge in [-0.2, -0.15) is 0 Å². The van der Waals surface area contributed by atoms with Crippen LogP contribution in [0.2, 0.25) is 0 Å². The summed E-state index contributed by atoms with van der Waals surface area (Å²) >= 11 is 0. The Morgan fingerprint density at radius 3 is 2.68 bits per heavy atom. The molecule has 0 amide bonds. The molecule has 4 nitrogen and oxygen atoms in total. The molecule has 2 unspecified atom stereocenters. The lowest BCUT2D eigenvalue weighted by atomic mass is 9.95. The predicted octanol–water partition coefficient (Wildman–Crippen LogP) is 4.59. The number of halogens is 2. The van der Waals surface area contributed by atoms with E-state index >= 15 is 0 Å². The van der Waals surface area contributed by atoms with E-state index in [1.807, 2.05) is 31.2 Å². The average Bonchev–Trinajstić information content (AvgIpc) is 3.16. The summed E-state index contributed by atoms with van der Waals surface area (Å²) in [6, 6.07) is 15.6. The number of ether oxygens (including phenoxy) is 1. The zero-order valence-corrected chi connectivity index (χ0v) is 18.8. The van der Waals surface area contributed by atoms with Gasteiger partial charge in [-0.25, -0.2) is 9.38 Å². The van der Waals surface area contributed by atoms with Crippen molar-refractivity contribution in [3.8, 4) is 0 Å². The Morgan fingerprint density at radius 1 is 1.18 bits per heavy atom. The predicted molar refractivity (Wildman–Crippen MR) is 123 cm³/mol. The molecule has 0 aromatic heterocycles. The average molecular weight is 497 g/mol. The number of rotatable bonds is 6. The summed E-state index contributed by atoms with van der Waals surface area (Å²) in [6.07, 6.45) is 1.14. The molecule has 1 heterocycles. The Hall–Kier alpha value is -1.67. The van der Waals surface area contributed by atoms with Crippen molar-refractivity contribution in [3.05, 3.63) is 71.0 Å². The molecule has 2 atom stereocenters. The molecule has 0 radical (unpaired) electrons. The van der Waals surface area contributed by atoms with Crippen LogP contribution in [0.4, 0.5) is 4.39 Å². The maximum absolute atomic E-state index is 13.7. The highest BCUT2D eigenvalue weighted by Crippen LogP contribution is 2.33. The molecular weight excluding hydrogens is 468 g/mol. The van der Waals surface area contributed by atoms with E-state index in [4.69, 9.17) is 4.74 Å². The van der Waals surface area contributed by atoms with Crippen LogP contribution in [0.3, 0.4) is 0 Å². The Balaban J connectivity index is 0.00000280. The van der Waals surface area contributed by atoms with Gasteiger partial charge in [-0.1, -0.05) is 42.5 Å². The first-order valence-corrected chi connectivity index (χ1v) is 9.61. The Morgan fingerprint density at radius 2 is 1.96 bits per heavy atom. The normalized spacial score (nSPS) is 19.2. The van der Waals surface area contributed by atoms with Crippen molar-refractivity contribution < 1.29 is 9.13 Å². The molecule has 0 spiro atoms. The lowest BCUT2D eigenvalue weighted by molar-refractivity contribution is 0.0915. The minimum absolute atomic E-state index is 0. The fourth-order valence-electron chi connectivity index (χ4n) is 3.33. The van der Waals surface area contributed by atoms with Gasteiger partial charge in [0.05, 0.1) is 12.6 Å². The SMILES string of the molecule is CCNC(=NCc1ccc(C)c(F)c1)NCC1CCOC1c1ccccc1.I. The van der Waals surface area contributed by atoms with Crippen molar-refractivity contribution in [3.63, 3.8) is 0 Å². The van der Waals surface area contributed by atoms with Crippen LogP contribution in [0.5, 0.6) is 0 Å². The third-order valence-corrected chi connectivity index (χ3v) is 4.87. The third kappa shape index (κ3) is 6.17. The van der Waals surface area contributed by atoms with Gasteiger partial charge in [0.25, 0.3) is 0 Å². The van der Waals surface area contributed by atoms with E-state index in [2.05, 4.69) is 27.8 Å². The Kier molecular flexibility index (Phi) is 9.18. The number of nitrogens with one attached hydrogen (secondary N) is 2. The molecule has 3 rings (SSSR count). The van der Waals surface area contributed by atoms with Crippen LogP contribution in [0.1, 0.15) is 36.1 Å². The summed E-state index contributed by atoms with van der Waals surface area (Å²) < 4.78 is 19.7. The number of benzene rings is 2. The minimum Gasteiger partial charge on any atom is -0.373 e. The third-order valence-electron chi connectivity index (χ3n) is 4.87. The summed E-state index contributed by atoms with van der Waals surface area (Å²) in [7, 11) is 0. The van der Waals surface area contributed by atoms with Gasteiger partial charge in [-0.05, 0) is 43.0 Å². The van der Waals surface area contributed by atoms with E-state index in [0.29, 0.717) is 18.0 Å². The first-order chi connectivity index (χ1) is 13.2. The largest absolute Gasteiger partial charge is 0.373 e. The van der Waals surface area contributed by atoms with E-state index in [-0.39, 0.29) is 35.9 Å². The number of nitrogens with zero attached hydrogens (tertiary/aromatic N) is 1. The molecule has 2 aromatic carbocycles. The number of aliphatic imine (C=N–C) groups is 1. The molecule has 6 heteroatoms. The molecule has 2 N–H and O–H groups in total. The standard InChI is InChI=1S/C22H28FN3O.HI/c1-3-24-22(25-14-17-10-9-16(2)20(23)13-17)26-15-19-11-12-27-21(19)18-7-5-4-6-8-18;/h4-10,13,19,21H,3,11-12,14-15H2,1-2H3,(H2,24,25,26);1H. The van der Waals surface area contributed by atoms with Gasteiger partial charge in [0.1, 0.15) is 5.82 Å². The van der Waals surface area contributed by atoms with Crippen LogP contribution in [-0.2, 0) is 11.3 Å². The fourth-order valence-corrected chi connectivity index (χ4v) is 3.33. The minimum atomic E-state index is -0.186. The summed E-state index contributed by atoms with van der Waals surface area (Å²) in [5.41, 5.74) is 2.74. The first kappa shape index (κ1) is 22.6. The second-order valence-corrected chi connectivity index (χ2v) is 6.91. The molecule has 152 valence electrons. The van der Waals surface area contributed by atoms with Gasteiger partial charge in [0, 0.05) is 25.6 Å². The molecule has 1 aliphatic rings. The molecule has 0 aliphatic carbocycles. The van der Waals surface area contributed by atoms with Crippen LogP contribution >= 0.6 is 24.0 Å². The topological polar surface area (TPSA) is 45.7 Å². The Labute approximate surface area is 184 Å². The van der Waals surface area contributed by atoms with E-state index < -0.39 is 0 Å². The second-order valence-electron chi connectivity index (χ2n) is 6.91. The molecule has 1 aliphatic heterocycles. The van der Waals surface area contributed by atoms with E-state index in [0.717, 1.165) is 37.6 Å². The summed E-state index contributed by atoms with van der Waals surface area (Å²) in [4.78, 5) is 4.60. The molecule has 1 fully saturated rings. The molecule has 28 heavy (non-hydrogen) atoms. The summed E-state index contributed by atoms with van der Waals surface area (Å²) in [6.45, 7) is 6.58. The van der Waals surface area contributed by atoms with Crippen LogP contribution in [0.25, 0.3) is 0 Å². The molecule has 1 saturated heterocycles. The van der Waals surface area contributed by atoms with Gasteiger partial charge in [-0.15, -0.1) is 24.0 Å². The maximum Gasteiger partial charge on any atom is 0.191 e. The highest BCUT2D eigenvalue weighted by molar-refractivity contribution is 14.0. The van der Waals surface area contributed by atoms with Crippen molar-refractivity contribution in [2.24, 2.45) is 10.9 Å². The van der Waals surface area contributed by atoms with Gasteiger partial charge in [0.15, 0.2) is 5.96 Å². The van der Waals surface area contributed by atoms with Crippen LogP contribution in [0, 0.1) is 18.7 Å². The van der Waals surface area contributed by atoms with Gasteiger partial charge in [-0.3, -0.25) is 0 Å². The van der Waals surface area contributed by atoms with Crippen LogP contribution in [-0.4, -0.2) is 25.7 Å². The van der Waals surface area contributed by atoms with Gasteiger partial charge in [0.2, 0.25) is 0 Å². The number of hydrogen-bond donors (Lipinski definition) is 2.